The fourth-order valence-electron chi connectivity index (χ4n) is 2.43. The van der Waals surface area contributed by atoms with E-state index in [0.29, 0.717) is 0 Å². The number of hydrogen-bond donors (Lipinski definition) is 0. The Morgan fingerprint density at radius 1 is 1.26 bits per heavy atom. The minimum atomic E-state index is -0.449. The van der Waals surface area contributed by atoms with E-state index in [1.54, 1.807) is 6.92 Å². The molecule has 1 atom stereocenters. The summed E-state index contributed by atoms with van der Waals surface area (Å²) in [5, 5.41) is -0.449. The summed E-state index contributed by atoms with van der Waals surface area (Å²) in [6, 6.07) is 1.97. The van der Waals surface area contributed by atoms with E-state index in [9.17, 15) is 4.79 Å². The number of aromatic nitrogens is 1. The predicted octanol–water partition coefficient (Wildman–Crippen LogP) is 4.74. The fraction of sp³-hybridized carbons (Fsp3) is 0.688. The van der Waals surface area contributed by atoms with Crippen molar-refractivity contribution in [3.05, 3.63) is 23.0 Å². The number of halogens is 1. The van der Waals surface area contributed by atoms with Gasteiger partial charge in [0, 0.05) is 23.5 Å². The van der Waals surface area contributed by atoms with Crippen LogP contribution in [0.25, 0.3) is 0 Å². The molecule has 0 spiro atoms. The molecule has 0 aliphatic heterocycles. The van der Waals surface area contributed by atoms with E-state index >= 15 is 0 Å². The second-order valence-corrected chi connectivity index (χ2v) is 6.46. The molecule has 19 heavy (non-hydrogen) atoms. The maximum Gasteiger partial charge on any atom is 0.182 e. The monoisotopic (exact) mass is 283 g/mol. The molecule has 2 nitrogen and oxygen atoms in total. The molecule has 0 fully saturated rings. The molecule has 108 valence electrons. The van der Waals surface area contributed by atoms with E-state index in [1.165, 1.54) is 19.3 Å². The lowest BCUT2D eigenvalue weighted by Crippen LogP contribution is -2.12. The number of rotatable bonds is 7. The number of carbonyl (C=O) groups excluding carboxylic acids is 1. The zero-order valence-corrected chi connectivity index (χ0v) is 13.5. The summed E-state index contributed by atoms with van der Waals surface area (Å²) in [7, 11) is 0. The second kappa shape index (κ2) is 7.14. The molecule has 1 unspecified atom stereocenters. The molecule has 0 saturated carbocycles. The molecule has 1 rings (SSSR count). The van der Waals surface area contributed by atoms with Crippen molar-refractivity contribution in [1.82, 2.24) is 4.57 Å². The molecule has 1 aromatic rings. The molecule has 1 heterocycles. The van der Waals surface area contributed by atoms with Crippen molar-refractivity contribution in [2.45, 2.75) is 65.8 Å². The van der Waals surface area contributed by atoms with Gasteiger partial charge in [-0.15, -0.1) is 11.6 Å². The third-order valence-corrected chi connectivity index (χ3v) is 3.81. The fourth-order valence-corrected chi connectivity index (χ4v) is 2.55. The normalized spacial score (nSPS) is 13.0. The van der Waals surface area contributed by atoms with Crippen LogP contribution in [0.4, 0.5) is 0 Å². The van der Waals surface area contributed by atoms with Gasteiger partial charge in [-0.2, -0.15) is 0 Å². The highest BCUT2D eigenvalue weighted by molar-refractivity contribution is 6.33. The minimum absolute atomic E-state index is 0.0307. The van der Waals surface area contributed by atoms with Crippen molar-refractivity contribution in [3.63, 3.8) is 0 Å². The Kier molecular flexibility index (Phi) is 6.12. The van der Waals surface area contributed by atoms with Crippen molar-refractivity contribution < 1.29 is 4.79 Å². The zero-order valence-electron chi connectivity index (χ0n) is 12.8. The summed E-state index contributed by atoms with van der Waals surface area (Å²) < 4.78 is 2.24. The first-order chi connectivity index (χ1) is 8.84. The smallest absolute Gasteiger partial charge is 0.182 e. The highest BCUT2D eigenvalue weighted by atomic mass is 35.5. The van der Waals surface area contributed by atoms with Gasteiger partial charge in [0.05, 0.1) is 5.38 Å². The van der Waals surface area contributed by atoms with Crippen molar-refractivity contribution in [2.24, 2.45) is 5.92 Å². The first-order valence-electron chi connectivity index (χ1n) is 7.19. The summed E-state index contributed by atoms with van der Waals surface area (Å²) in [6.45, 7) is 11.3. The van der Waals surface area contributed by atoms with Crippen LogP contribution in [0, 0.1) is 19.8 Å². The Balaban J connectivity index is 2.72. The number of ketones is 1. The molecule has 0 N–H and O–H groups in total. The Bertz CT molecular complexity index is 432. The third-order valence-electron chi connectivity index (χ3n) is 3.61. The Morgan fingerprint density at radius 3 is 2.42 bits per heavy atom. The first kappa shape index (κ1) is 16.3. The van der Waals surface area contributed by atoms with Crippen LogP contribution in [0.1, 0.15) is 61.8 Å². The Hall–Kier alpha value is -0.760. The van der Waals surface area contributed by atoms with E-state index in [4.69, 9.17) is 11.6 Å². The molecule has 3 heteroatoms. The van der Waals surface area contributed by atoms with Crippen LogP contribution < -0.4 is 0 Å². The first-order valence-corrected chi connectivity index (χ1v) is 7.63. The highest BCUT2D eigenvalue weighted by Crippen LogP contribution is 2.19. The van der Waals surface area contributed by atoms with Crippen molar-refractivity contribution in [2.75, 3.05) is 0 Å². The highest BCUT2D eigenvalue weighted by Gasteiger charge is 2.18. The molecule has 0 aliphatic rings. The van der Waals surface area contributed by atoms with Crippen LogP contribution in [0.15, 0.2) is 6.07 Å². The van der Waals surface area contributed by atoms with Crippen LogP contribution in [0.3, 0.4) is 0 Å². The molecule has 0 radical (unpaired) electrons. The quantitative estimate of drug-likeness (QED) is 0.402. The summed E-state index contributed by atoms with van der Waals surface area (Å²) in [5.41, 5.74) is 2.99. The van der Waals surface area contributed by atoms with Gasteiger partial charge >= 0.3 is 0 Å². The summed E-state index contributed by atoms with van der Waals surface area (Å²) in [4.78, 5) is 12.0. The number of unbranched alkanes of at least 4 members (excludes halogenated alkanes) is 1. The van der Waals surface area contributed by atoms with Crippen LogP contribution in [-0.4, -0.2) is 15.7 Å². The van der Waals surface area contributed by atoms with Gasteiger partial charge in [-0.25, -0.2) is 0 Å². The van der Waals surface area contributed by atoms with E-state index in [0.717, 1.165) is 29.4 Å². The molecular weight excluding hydrogens is 258 g/mol. The van der Waals surface area contributed by atoms with Gasteiger partial charge in [-0.3, -0.25) is 4.79 Å². The van der Waals surface area contributed by atoms with Gasteiger partial charge in [0.15, 0.2) is 5.78 Å². The lowest BCUT2D eigenvalue weighted by atomic mass is 10.1. The molecule has 0 amide bonds. The Labute approximate surface area is 122 Å². The number of nitrogens with zero attached hydrogens (tertiary/aromatic N) is 1. The Morgan fingerprint density at radius 2 is 1.89 bits per heavy atom. The molecule has 0 saturated heterocycles. The topological polar surface area (TPSA) is 22.0 Å². The third kappa shape index (κ3) is 4.38. The molecule has 0 aliphatic carbocycles. The predicted molar refractivity (Wildman–Crippen MR) is 82.2 cm³/mol. The van der Waals surface area contributed by atoms with Gasteiger partial charge in [0.1, 0.15) is 0 Å². The van der Waals surface area contributed by atoms with Crippen molar-refractivity contribution in [3.8, 4) is 0 Å². The number of Topliss-reactive ketones (excluding diaryl/α,β-unsaturated/α-hetero) is 1. The van der Waals surface area contributed by atoms with Crippen LogP contribution in [0.5, 0.6) is 0 Å². The molecular formula is C16H26ClNO. The number of alkyl halides is 1. The van der Waals surface area contributed by atoms with Gasteiger partial charge in [0.25, 0.3) is 0 Å². The number of hydrogen-bond acceptors (Lipinski definition) is 1. The van der Waals surface area contributed by atoms with Gasteiger partial charge < -0.3 is 4.57 Å². The average molecular weight is 284 g/mol. The van der Waals surface area contributed by atoms with E-state index in [2.05, 4.69) is 25.3 Å². The van der Waals surface area contributed by atoms with Gasteiger partial charge in [-0.1, -0.05) is 26.7 Å². The molecule has 1 aromatic heterocycles. The van der Waals surface area contributed by atoms with E-state index in [-0.39, 0.29) is 5.78 Å². The summed E-state index contributed by atoms with van der Waals surface area (Å²) in [6.07, 6.45) is 3.67. The lowest BCUT2D eigenvalue weighted by Gasteiger charge is -2.11. The van der Waals surface area contributed by atoms with Crippen LogP contribution >= 0.6 is 11.6 Å². The second-order valence-electron chi connectivity index (χ2n) is 5.81. The lowest BCUT2D eigenvalue weighted by molar-refractivity contribution is 0.0991. The summed E-state index contributed by atoms with van der Waals surface area (Å²) in [5.74, 6) is 0.796. The summed E-state index contributed by atoms with van der Waals surface area (Å²) >= 11 is 5.90. The molecule has 0 bridgehead atoms. The van der Waals surface area contributed by atoms with Crippen LogP contribution in [-0.2, 0) is 6.54 Å². The maximum atomic E-state index is 12.0. The number of carbonyl (C=O) groups is 1. The van der Waals surface area contributed by atoms with E-state index < -0.39 is 5.38 Å². The molecule has 0 aromatic carbocycles. The minimum Gasteiger partial charge on any atom is -0.348 e. The standard InChI is InChI=1S/C16H26ClNO/c1-11(2)8-6-7-9-18-12(3)10-15(14(18)5)16(19)13(4)17/h10-11,13H,6-9H2,1-5H3. The number of aryl methyl sites for hydroxylation is 1. The maximum absolute atomic E-state index is 12.0. The zero-order chi connectivity index (χ0) is 14.6. The SMILES string of the molecule is Cc1cc(C(=O)C(C)Cl)c(C)n1CCCCC(C)C. The van der Waals surface area contributed by atoms with Crippen LogP contribution in [0.2, 0.25) is 0 Å². The van der Waals surface area contributed by atoms with Gasteiger partial charge in [0.2, 0.25) is 0 Å². The van der Waals surface area contributed by atoms with E-state index in [1.807, 2.05) is 13.0 Å². The van der Waals surface area contributed by atoms with Gasteiger partial charge in [-0.05, 0) is 39.2 Å². The van der Waals surface area contributed by atoms with Crippen molar-refractivity contribution >= 4 is 17.4 Å². The average Bonchev–Trinajstić information content (AvgIpc) is 2.60. The largest absolute Gasteiger partial charge is 0.348 e. The van der Waals surface area contributed by atoms with Crippen molar-refractivity contribution in [1.29, 1.82) is 0 Å².